The van der Waals surface area contributed by atoms with Crippen molar-refractivity contribution in [1.82, 2.24) is 0 Å². The highest BCUT2D eigenvalue weighted by Crippen LogP contribution is 2.66. The standard InChI is InChI=1S/C18H26O2/c1-5-6-7-14(19)12-16-17(18(16,2)3)13-8-10-15(20-4)11-9-13/h8-11,16-17H,5-7,12H2,1-4H3/t16-,17-/m0/s1. The van der Waals surface area contributed by atoms with Gasteiger partial charge in [0.15, 0.2) is 0 Å². The lowest BCUT2D eigenvalue weighted by Gasteiger charge is -2.04. The minimum atomic E-state index is 0.246. The molecule has 2 rings (SSSR count). The molecule has 1 aliphatic carbocycles. The van der Waals surface area contributed by atoms with Crippen LogP contribution < -0.4 is 4.74 Å². The van der Waals surface area contributed by atoms with Crippen molar-refractivity contribution < 1.29 is 9.53 Å². The van der Waals surface area contributed by atoms with Gasteiger partial charge in [0.05, 0.1) is 7.11 Å². The number of Topliss-reactive ketones (excluding diaryl/α,β-unsaturated/α-hetero) is 1. The van der Waals surface area contributed by atoms with Gasteiger partial charge in [-0.2, -0.15) is 0 Å². The normalized spacial score (nSPS) is 23.4. The maximum atomic E-state index is 12.0. The molecular weight excluding hydrogens is 248 g/mol. The lowest BCUT2D eigenvalue weighted by Crippen LogP contribution is -2.01. The average molecular weight is 274 g/mol. The van der Waals surface area contributed by atoms with Crippen LogP contribution in [0.4, 0.5) is 0 Å². The molecule has 0 unspecified atom stereocenters. The second kappa shape index (κ2) is 5.99. The van der Waals surface area contributed by atoms with Crippen molar-refractivity contribution in [2.75, 3.05) is 7.11 Å². The first-order valence-electron chi connectivity index (χ1n) is 7.66. The van der Waals surface area contributed by atoms with Gasteiger partial charge in [-0.3, -0.25) is 4.79 Å². The predicted molar refractivity (Wildman–Crippen MR) is 82.2 cm³/mol. The number of hydrogen-bond acceptors (Lipinski definition) is 2. The van der Waals surface area contributed by atoms with Crippen molar-refractivity contribution in [3.05, 3.63) is 29.8 Å². The van der Waals surface area contributed by atoms with E-state index in [1.807, 2.05) is 12.1 Å². The number of unbranched alkanes of at least 4 members (excludes halogenated alkanes) is 1. The maximum absolute atomic E-state index is 12.0. The topological polar surface area (TPSA) is 26.3 Å². The molecule has 1 fully saturated rings. The van der Waals surface area contributed by atoms with Crippen LogP contribution in [0.3, 0.4) is 0 Å². The van der Waals surface area contributed by atoms with Crippen LogP contribution in [0.2, 0.25) is 0 Å². The molecular formula is C18H26O2. The summed E-state index contributed by atoms with van der Waals surface area (Å²) in [5.41, 5.74) is 1.58. The van der Waals surface area contributed by atoms with Gasteiger partial charge in [-0.15, -0.1) is 0 Å². The Bertz CT molecular complexity index is 459. The Morgan fingerprint density at radius 3 is 2.45 bits per heavy atom. The van der Waals surface area contributed by atoms with Crippen molar-refractivity contribution in [3.63, 3.8) is 0 Å². The summed E-state index contributed by atoms with van der Waals surface area (Å²) in [7, 11) is 1.69. The van der Waals surface area contributed by atoms with Crippen LogP contribution in [-0.2, 0) is 4.79 Å². The Kier molecular flexibility index (Phi) is 4.52. The van der Waals surface area contributed by atoms with E-state index in [0.717, 1.165) is 31.4 Å². The summed E-state index contributed by atoms with van der Waals surface area (Å²) in [6.07, 6.45) is 3.61. The van der Waals surface area contributed by atoms with Crippen molar-refractivity contribution in [2.24, 2.45) is 11.3 Å². The Balaban J connectivity index is 2.00. The number of ether oxygens (including phenoxy) is 1. The summed E-state index contributed by atoms with van der Waals surface area (Å²) in [5, 5.41) is 0. The van der Waals surface area contributed by atoms with Gasteiger partial charge in [0.25, 0.3) is 0 Å². The zero-order chi connectivity index (χ0) is 14.8. The summed E-state index contributed by atoms with van der Waals surface area (Å²) in [5.74, 6) is 2.34. The number of ketones is 1. The average Bonchev–Trinajstić information content (AvgIpc) is 2.97. The second-order valence-corrected chi connectivity index (χ2v) is 6.53. The van der Waals surface area contributed by atoms with Crippen molar-refractivity contribution in [1.29, 1.82) is 0 Å². The molecule has 0 amide bonds. The van der Waals surface area contributed by atoms with E-state index >= 15 is 0 Å². The van der Waals surface area contributed by atoms with E-state index in [9.17, 15) is 4.79 Å². The van der Waals surface area contributed by atoms with Crippen LogP contribution >= 0.6 is 0 Å². The Labute approximate surface area is 122 Å². The maximum Gasteiger partial charge on any atom is 0.133 e. The molecule has 0 saturated heterocycles. The smallest absolute Gasteiger partial charge is 0.133 e. The molecule has 0 bridgehead atoms. The molecule has 0 heterocycles. The van der Waals surface area contributed by atoms with E-state index in [2.05, 4.69) is 32.9 Å². The third-order valence-corrected chi connectivity index (χ3v) is 4.78. The van der Waals surface area contributed by atoms with E-state index in [1.54, 1.807) is 7.11 Å². The molecule has 20 heavy (non-hydrogen) atoms. The molecule has 0 spiro atoms. The molecule has 1 saturated carbocycles. The minimum absolute atomic E-state index is 0.246. The molecule has 1 aromatic carbocycles. The summed E-state index contributed by atoms with van der Waals surface area (Å²) in [6.45, 7) is 6.69. The highest BCUT2D eigenvalue weighted by molar-refractivity contribution is 5.79. The molecule has 2 atom stereocenters. The van der Waals surface area contributed by atoms with Crippen LogP contribution in [0.5, 0.6) is 5.75 Å². The van der Waals surface area contributed by atoms with Crippen LogP contribution in [0, 0.1) is 11.3 Å². The molecule has 1 aromatic rings. The third kappa shape index (κ3) is 3.05. The summed E-state index contributed by atoms with van der Waals surface area (Å²) in [6, 6.07) is 8.31. The highest BCUT2D eigenvalue weighted by Gasteiger charge is 2.58. The molecule has 2 heteroatoms. The molecule has 0 aliphatic heterocycles. The SMILES string of the molecule is CCCCC(=O)C[C@H]1[C@H](c2ccc(OC)cc2)C1(C)C. The number of hydrogen-bond donors (Lipinski definition) is 0. The van der Waals surface area contributed by atoms with E-state index < -0.39 is 0 Å². The fourth-order valence-electron chi connectivity index (χ4n) is 3.32. The molecule has 0 N–H and O–H groups in total. The van der Waals surface area contributed by atoms with E-state index in [1.165, 1.54) is 5.56 Å². The van der Waals surface area contributed by atoms with Gasteiger partial charge in [0.2, 0.25) is 0 Å². The van der Waals surface area contributed by atoms with Crippen LogP contribution in [0.15, 0.2) is 24.3 Å². The molecule has 2 nitrogen and oxygen atoms in total. The lowest BCUT2D eigenvalue weighted by molar-refractivity contribution is -0.119. The van der Waals surface area contributed by atoms with Gasteiger partial charge >= 0.3 is 0 Å². The van der Waals surface area contributed by atoms with E-state index in [-0.39, 0.29) is 5.41 Å². The number of rotatable bonds is 7. The monoisotopic (exact) mass is 274 g/mol. The fraction of sp³-hybridized carbons (Fsp3) is 0.611. The Morgan fingerprint density at radius 2 is 1.90 bits per heavy atom. The molecule has 1 aliphatic rings. The summed E-state index contributed by atoms with van der Waals surface area (Å²) in [4.78, 5) is 12.0. The summed E-state index contributed by atoms with van der Waals surface area (Å²) < 4.78 is 5.20. The van der Waals surface area contributed by atoms with Gasteiger partial charge in [-0.25, -0.2) is 0 Å². The highest BCUT2D eigenvalue weighted by atomic mass is 16.5. The zero-order valence-electron chi connectivity index (χ0n) is 13.1. The quantitative estimate of drug-likeness (QED) is 0.727. The number of benzene rings is 1. The van der Waals surface area contributed by atoms with Gasteiger partial charge in [-0.05, 0) is 41.4 Å². The second-order valence-electron chi connectivity index (χ2n) is 6.53. The largest absolute Gasteiger partial charge is 0.497 e. The number of methoxy groups -OCH3 is 1. The first-order chi connectivity index (χ1) is 9.50. The van der Waals surface area contributed by atoms with Crippen molar-refractivity contribution >= 4 is 5.78 Å². The van der Waals surface area contributed by atoms with Gasteiger partial charge in [-0.1, -0.05) is 39.3 Å². The van der Waals surface area contributed by atoms with Gasteiger partial charge in [0, 0.05) is 12.8 Å². The predicted octanol–water partition coefficient (Wildman–Crippen LogP) is 4.58. The summed E-state index contributed by atoms with van der Waals surface area (Å²) >= 11 is 0. The molecule has 0 aromatic heterocycles. The minimum Gasteiger partial charge on any atom is -0.497 e. The lowest BCUT2D eigenvalue weighted by atomic mass is 10.0. The molecule has 110 valence electrons. The first kappa shape index (κ1) is 15.1. The molecule has 0 radical (unpaired) electrons. The number of carbonyl (C=O) groups is 1. The first-order valence-corrected chi connectivity index (χ1v) is 7.66. The fourth-order valence-corrected chi connectivity index (χ4v) is 3.32. The van der Waals surface area contributed by atoms with Crippen molar-refractivity contribution in [2.45, 2.75) is 52.4 Å². The van der Waals surface area contributed by atoms with E-state index in [4.69, 9.17) is 4.74 Å². The Hall–Kier alpha value is -1.31. The van der Waals surface area contributed by atoms with Crippen molar-refractivity contribution in [3.8, 4) is 5.75 Å². The Morgan fingerprint density at radius 1 is 1.25 bits per heavy atom. The van der Waals surface area contributed by atoms with Gasteiger partial charge in [0.1, 0.15) is 11.5 Å². The zero-order valence-corrected chi connectivity index (χ0v) is 13.1. The van der Waals surface area contributed by atoms with Crippen LogP contribution in [-0.4, -0.2) is 12.9 Å². The van der Waals surface area contributed by atoms with Crippen LogP contribution in [0.25, 0.3) is 0 Å². The van der Waals surface area contributed by atoms with E-state index in [0.29, 0.717) is 17.6 Å². The third-order valence-electron chi connectivity index (χ3n) is 4.78. The van der Waals surface area contributed by atoms with Gasteiger partial charge < -0.3 is 4.74 Å². The number of carbonyl (C=O) groups excluding carboxylic acids is 1. The van der Waals surface area contributed by atoms with Crippen LogP contribution in [0.1, 0.15) is 57.9 Å².